The van der Waals surface area contributed by atoms with E-state index in [-0.39, 0.29) is 13.2 Å². The van der Waals surface area contributed by atoms with E-state index in [9.17, 15) is 22.8 Å². The maximum Gasteiger partial charge on any atom is 0.325 e. The highest BCUT2D eigenvalue weighted by molar-refractivity contribution is 6.01. The van der Waals surface area contributed by atoms with Crippen molar-refractivity contribution in [2.45, 2.75) is 45.4 Å². The van der Waals surface area contributed by atoms with Crippen LogP contribution in [0.2, 0.25) is 0 Å². The van der Waals surface area contributed by atoms with E-state index in [2.05, 4.69) is 0 Å². The molecule has 28 heavy (non-hydrogen) atoms. The molecule has 0 saturated carbocycles. The number of unbranched alkanes of at least 4 members (excludes halogenated alkanes) is 2. The van der Waals surface area contributed by atoms with Gasteiger partial charge in [0.1, 0.15) is 29.1 Å². The van der Waals surface area contributed by atoms with Gasteiger partial charge < -0.3 is 9.47 Å². The first-order valence-corrected chi connectivity index (χ1v) is 8.69. The topological polar surface area (TPSA) is 100 Å². The van der Waals surface area contributed by atoms with E-state index in [1.54, 1.807) is 13.8 Å². The van der Waals surface area contributed by atoms with Gasteiger partial charge in [0.15, 0.2) is 17.6 Å². The van der Waals surface area contributed by atoms with Gasteiger partial charge in [0.2, 0.25) is 0 Å². The quantitative estimate of drug-likeness (QED) is 0.274. The zero-order valence-electron chi connectivity index (χ0n) is 15.5. The lowest BCUT2D eigenvalue weighted by Gasteiger charge is -2.18. The van der Waals surface area contributed by atoms with Gasteiger partial charge in [0, 0.05) is 0 Å². The molecule has 0 bridgehead atoms. The molecule has 150 valence electrons. The maximum absolute atomic E-state index is 14.7. The number of hydrogen-bond donors (Lipinski definition) is 0. The van der Waals surface area contributed by atoms with Crippen LogP contribution in [0.15, 0.2) is 0 Å². The second-order valence-corrected chi connectivity index (χ2v) is 5.80. The lowest BCUT2D eigenvalue weighted by atomic mass is 9.93. The van der Waals surface area contributed by atoms with E-state index in [0.717, 1.165) is 0 Å². The first-order chi connectivity index (χ1) is 13.3. The van der Waals surface area contributed by atoms with Crippen LogP contribution in [0.4, 0.5) is 13.2 Å². The van der Waals surface area contributed by atoms with E-state index in [0.29, 0.717) is 25.7 Å². The summed E-state index contributed by atoms with van der Waals surface area (Å²) in [6, 6.07) is 2.45. The van der Waals surface area contributed by atoms with Gasteiger partial charge in [-0.15, -0.1) is 0 Å². The molecule has 0 atom stereocenters. The summed E-state index contributed by atoms with van der Waals surface area (Å²) < 4.78 is 53.1. The fourth-order valence-corrected chi connectivity index (χ4v) is 2.27. The number of carbonyl (C=O) groups is 2. The van der Waals surface area contributed by atoms with Crippen LogP contribution >= 0.6 is 0 Å². The molecule has 0 unspecified atom stereocenters. The molecule has 0 saturated heterocycles. The number of rotatable bonds is 9. The Bertz CT molecular complexity index is 806. The van der Waals surface area contributed by atoms with E-state index in [4.69, 9.17) is 20.0 Å². The Kier molecular flexibility index (Phi) is 8.97. The van der Waals surface area contributed by atoms with Crippen molar-refractivity contribution in [3.8, 4) is 12.1 Å². The van der Waals surface area contributed by atoms with Gasteiger partial charge in [-0.1, -0.05) is 26.7 Å². The van der Waals surface area contributed by atoms with Crippen LogP contribution in [0.5, 0.6) is 0 Å². The molecule has 0 aliphatic carbocycles. The molecule has 1 aromatic rings. The first-order valence-electron chi connectivity index (χ1n) is 8.69. The molecule has 0 spiro atoms. The smallest absolute Gasteiger partial charge is 0.325 e. The van der Waals surface area contributed by atoms with Crippen LogP contribution in [0.3, 0.4) is 0 Å². The van der Waals surface area contributed by atoms with Crippen LogP contribution in [-0.4, -0.2) is 25.2 Å². The summed E-state index contributed by atoms with van der Waals surface area (Å²) in [5.41, 5.74) is -3.57. The Balaban J connectivity index is 3.51. The van der Waals surface area contributed by atoms with Gasteiger partial charge in [0.05, 0.1) is 18.8 Å². The zero-order chi connectivity index (χ0) is 21.3. The number of benzene rings is 1. The summed E-state index contributed by atoms with van der Waals surface area (Å²) in [7, 11) is 0. The number of ether oxygens (including phenoxy) is 2. The van der Waals surface area contributed by atoms with Gasteiger partial charge in [-0.25, -0.2) is 13.2 Å². The Morgan fingerprint density at radius 3 is 1.68 bits per heavy atom. The summed E-state index contributed by atoms with van der Waals surface area (Å²) in [6.45, 7) is 3.36. The molecular weight excluding hydrogens is 377 g/mol. The fourth-order valence-electron chi connectivity index (χ4n) is 2.27. The highest BCUT2D eigenvalue weighted by Crippen LogP contribution is 2.32. The van der Waals surface area contributed by atoms with E-state index in [1.807, 2.05) is 0 Å². The number of hydrogen-bond acceptors (Lipinski definition) is 6. The zero-order valence-corrected chi connectivity index (χ0v) is 15.5. The lowest BCUT2D eigenvalue weighted by molar-refractivity contribution is -0.157. The fraction of sp³-hybridized carbons (Fsp3) is 0.474. The predicted octanol–water partition coefficient (Wildman–Crippen LogP) is 3.62. The minimum atomic E-state index is -2.26. The van der Waals surface area contributed by atoms with Gasteiger partial charge >= 0.3 is 11.9 Å². The standard InChI is InChI=1S/C19H19F3N2O4/c1-3-5-7-27-18(25)14(19(26)28-8-6-4-2)13-15(20)11(9-23)12(10-24)16(21)17(13)22/h14H,3-8H2,1-2H3. The summed E-state index contributed by atoms with van der Waals surface area (Å²) >= 11 is 0. The second kappa shape index (κ2) is 10.9. The SMILES string of the molecule is CCCCOC(=O)C(C(=O)OCCCC)c1c(F)c(F)c(C#N)c(C#N)c1F. The monoisotopic (exact) mass is 396 g/mol. The third-order valence-corrected chi connectivity index (χ3v) is 3.82. The number of nitriles is 2. The minimum absolute atomic E-state index is 0.124. The average Bonchev–Trinajstić information content (AvgIpc) is 2.67. The molecule has 0 aliphatic heterocycles. The Hall–Kier alpha value is -3.07. The molecule has 0 aliphatic rings. The van der Waals surface area contributed by atoms with Gasteiger partial charge in [-0.05, 0) is 12.8 Å². The van der Waals surface area contributed by atoms with E-state index in [1.165, 1.54) is 12.1 Å². The molecule has 0 radical (unpaired) electrons. The van der Waals surface area contributed by atoms with Crippen LogP contribution in [-0.2, 0) is 19.1 Å². The second-order valence-electron chi connectivity index (χ2n) is 5.80. The van der Waals surface area contributed by atoms with Gasteiger partial charge in [-0.2, -0.15) is 10.5 Å². The van der Waals surface area contributed by atoms with Crippen LogP contribution in [0.1, 0.15) is 62.1 Å². The highest BCUT2D eigenvalue weighted by atomic mass is 19.2. The minimum Gasteiger partial charge on any atom is -0.465 e. The Labute approximate surface area is 160 Å². The summed E-state index contributed by atoms with van der Waals surface area (Å²) in [5.74, 6) is -10.4. The van der Waals surface area contributed by atoms with Crippen molar-refractivity contribution < 1.29 is 32.2 Å². The highest BCUT2D eigenvalue weighted by Gasteiger charge is 2.40. The van der Waals surface area contributed by atoms with Crippen LogP contribution in [0.25, 0.3) is 0 Å². The summed E-state index contributed by atoms with van der Waals surface area (Å²) in [5, 5.41) is 17.9. The van der Waals surface area contributed by atoms with Crippen molar-refractivity contribution in [3.63, 3.8) is 0 Å². The molecular formula is C19H19F3N2O4. The van der Waals surface area contributed by atoms with Crippen LogP contribution < -0.4 is 0 Å². The van der Waals surface area contributed by atoms with Gasteiger partial charge in [-0.3, -0.25) is 9.59 Å². The van der Waals surface area contributed by atoms with Crippen molar-refractivity contribution in [2.24, 2.45) is 0 Å². The molecule has 0 fully saturated rings. The van der Waals surface area contributed by atoms with E-state index < -0.39 is 52.0 Å². The normalized spacial score (nSPS) is 10.3. The number of carbonyl (C=O) groups excluding carboxylic acids is 2. The Morgan fingerprint density at radius 2 is 1.29 bits per heavy atom. The molecule has 0 amide bonds. The summed E-state index contributed by atoms with van der Waals surface area (Å²) in [6.07, 6.45) is 2.15. The molecule has 0 aromatic heterocycles. The number of nitrogens with zero attached hydrogens (tertiary/aromatic N) is 2. The molecule has 1 aromatic carbocycles. The molecule has 9 heteroatoms. The largest absolute Gasteiger partial charge is 0.465 e. The van der Waals surface area contributed by atoms with Crippen molar-refractivity contribution in [1.29, 1.82) is 10.5 Å². The molecule has 1 rings (SSSR count). The van der Waals surface area contributed by atoms with Crippen molar-refractivity contribution >= 4 is 11.9 Å². The van der Waals surface area contributed by atoms with E-state index >= 15 is 0 Å². The number of esters is 2. The maximum atomic E-state index is 14.7. The number of halogens is 3. The predicted molar refractivity (Wildman–Crippen MR) is 90.2 cm³/mol. The first kappa shape index (κ1) is 23.0. The van der Waals surface area contributed by atoms with Crippen molar-refractivity contribution in [1.82, 2.24) is 0 Å². The molecule has 0 N–H and O–H groups in total. The van der Waals surface area contributed by atoms with Crippen LogP contribution in [0, 0.1) is 40.1 Å². The average molecular weight is 396 g/mol. The summed E-state index contributed by atoms with van der Waals surface area (Å²) in [4.78, 5) is 24.7. The third-order valence-electron chi connectivity index (χ3n) is 3.82. The van der Waals surface area contributed by atoms with Crippen molar-refractivity contribution in [2.75, 3.05) is 13.2 Å². The van der Waals surface area contributed by atoms with Gasteiger partial charge in [0.25, 0.3) is 0 Å². The molecule has 0 heterocycles. The van der Waals surface area contributed by atoms with Crippen molar-refractivity contribution in [3.05, 3.63) is 34.1 Å². The third kappa shape index (κ3) is 5.01. The molecule has 6 nitrogen and oxygen atoms in total. The Morgan fingerprint density at radius 1 is 0.857 bits per heavy atom. The lowest BCUT2D eigenvalue weighted by Crippen LogP contribution is -2.29.